The smallest absolute Gasteiger partial charge is 0.261 e. The molecule has 0 fully saturated rings. The van der Waals surface area contributed by atoms with Gasteiger partial charge in [0, 0.05) is 5.56 Å². The second-order valence-corrected chi connectivity index (χ2v) is 3.06. The molecule has 0 radical (unpaired) electrons. The van der Waals surface area contributed by atoms with Crippen molar-refractivity contribution in [2.45, 2.75) is 6.43 Å². The summed E-state index contributed by atoms with van der Waals surface area (Å²) in [5, 5.41) is 0. The zero-order chi connectivity index (χ0) is 12.0. The summed E-state index contributed by atoms with van der Waals surface area (Å²) in [6, 6.07) is 6.38. The fraction of sp³-hybridized carbons (Fsp3) is 0.364. The number of methoxy groups -OCH3 is 1. The Morgan fingerprint density at radius 2 is 1.94 bits per heavy atom. The van der Waals surface area contributed by atoms with E-state index in [4.69, 9.17) is 4.74 Å². The highest BCUT2D eigenvalue weighted by Gasteiger charge is 2.08. The van der Waals surface area contributed by atoms with Crippen LogP contribution in [0.4, 0.5) is 8.78 Å². The average Bonchev–Trinajstić information content (AvgIpc) is 2.28. The molecule has 0 saturated heterocycles. The Bertz CT molecular complexity index is 336. The lowest BCUT2D eigenvalue weighted by molar-refractivity contribution is 0.0196. The summed E-state index contributed by atoms with van der Waals surface area (Å²) in [7, 11) is 1.52. The molecule has 0 unspecified atom stereocenters. The standard InChI is InChI=1S/C11H12F2O3/c1-15-9-4-2-8(3-5-9)10(14)6-16-7-11(12)13/h2-5,11H,6-7H2,1H3. The number of rotatable bonds is 6. The number of ether oxygens (including phenoxy) is 2. The summed E-state index contributed by atoms with van der Waals surface area (Å²) in [5.74, 6) is 0.299. The highest BCUT2D eigenvalue weighted by molar-refractivity contribution is 5.97. The van der Waals surface area contributed by atoms with Crippen molar-refractivity contribution >= 4 is 5.78 Å². The van der Waals surface area contributed by atoms with Crippen LogP contribution in [-0.2, 0) is 4.74 Å². The average molecular weight is 230 g/mol. The lowest BCUT2D eigenvalue weighted by Crippen LogP contribution is -2.13. The Morgan fingerprint density at radius 3 is 2.44 bits per heavy atom. The van der Waals surface area contributed by atoms with Gasteiger partial charge in [-0.05, 0) is 24.3 Å². The molecule has 1 aromatic rings. The minimum atomic E-state index is -2.55. The highest BCUT2D eigenvalue weighted by Crippen LogP contribution is 2.11. The zero-order valence-corrected chi connectivity index (χ0v) is 8.78. The van der Waals surface area contributed by atoms with Crippen LogP contribution in [0.25, 0.3) is 0 Å². The number of carbonyl (C=O) groups excluding carboxylic acids is 1. The van der Waals surface area contributed by atoms with Crippen LogP contribution in [0, 0.1) is 0 Å². The third-order valence-electron chi connectivity index (χ3n) is 1.89. The van der Waals surface area contributed by atoms with Crippen molar-refractivity contribution < 1.29 is 23.0 Å². The molecule has 0 spiro atoms. The minimum Gasteiger partial charge on any atom is -0.497 e. The molecule has 3 nitrogen and oxygen atoms in total. The predicted octanol–water partition coefficient (Wildman–Crippen LogP) is 2.16. The van der Waals surface area contributed by atoms with Gasteiger partial charge >= 0.3 is 0 Å². The molecule has 0 aromatic heterocycles. The first-order valence-corrected chi connectivity index (χ1v) is 4.66. The van der Waals surface area contributed by atoms with Crippen LogP contribution in [-0.4, -0.2) is 32.5 Å². The van der Waals surface area contributed by atoms with Gasteiger partial charge in [-0.25, -0.2) is 8.78 Å². The van der Waals surface area contributed by atoms with Crippen LogP contribution >= 0.6 is 0 Å². The van der Waals surface area contributed by atoms with Crippen LogP contribution in [0.1, 0.15) is 10.4 Å². The van der Waals surface area contributed by atoms with E-state index in [0.717, 1.165) is 0 Å². The van der Waals surface area contributed by atoms with Crippen LogP contribution in [0.15, 0.2) is 24.3 Å². The quantitative estimate of drug-likeness (QED) is 0.702. The Morgan fingerprint density at radius 1 is 1.31 bits per heavy atom. The highest BCUT2D eigenvalue weighted by atomic mass is 19.3. The molecule has 16 heavy (non-hydrogen) atoms. The fourth-order valence-corrected chi connectivity index (χ4v) is 1.10. The molecule has 0 aliphatic carbocycles. The number of ketones is 1. The van der Waals surface area contributed by atoms with Crippen LogP contribution in [0.5, 0.6) is 5.75 Å². The molecule has 1 aromatic carbocycles. The van der Waals surface area contributed by atoms with E-state index < -0.39 is 13.0 Å². The van der Waals surface area contributed by atoms with E-state index in [9.17, 15) is 13.6 Å². The number of Topliss-reactive ketones (excluding diaryl/α,β-unsaturated/α-hetero) is 1. The Balaban J connectivity index is 2.46. The minimum absolute atomic E-state index is 0.330. The van der Waals surface area contributed by atoms with Crippen molar-refractivity contribution in [2.24, 2.45) is 0 Å². The van der Waals surface area contributed by atoms with E-state index >= 15 is 0 Å². The summed E-state index contributed by atoms with van der Waals surface area (Å²) in [5.41, 5.74) is 0.412. The molecule has 0 aliphatic heterocycles. The van der Waals surface area contributed by atoms with Gasteiger partial charge in [-0.15, -0.1) is 0 Å². The van der Waals surface area contributed by atoms with E-state index in [-0.39, 0.29) is 12.4 Å². The van der Waals surface area contributed by atoms with E-state index in [1.165, 1.54) is 7.11 Å². The van der Waals surface area contributed by atoms with Crippen LogP contribution in [0.2, 0.25) is 0 Å². The summed E-state index contributed by atoms with van der Waals surface area (Å²) in [6.45, 7) is -1.06. The Labute approximate surface area is 92.0 Å². The first-order valence-electron chi connectivity index (χ1n) is 4.66. The van der Waals surface area contributed by atoms with E-state index in [0.29, 0.717) is 11.3 Å². The molecule has 0 bridgehead atoms. The number of hydrogen-bond acceptors (Lipinski definition) is 3. The van der Waals surface area contributed by atoms with Gasteiger partial charge in [0.1, 0.15) is 19.0 Å². The summed E-state index contributed by atoms with van der Waals surface area (Å²) in [6.07, 6.45) is -2.55. The third kappa shape index (κ3) is 3.94. The molecule has 0 saturated carbocycles. The van der Waals surface area contributed by atoms with Gasteiger partial charge in [0.15, 0.2) is 5.78 Å². The van der Waals surface area contributed by atoms with Crippen molar-refractivity contribution in [3.8, 4) is 5.75 Å². The van der Waals surface area contributed by atoms with Crippen molar-refractivity contribution in [1.29, 1.82) is 0 Å². The largest absolute Gasteiger partial charge is 0.497 e. The van der Waals surface area contributed by atoms with Gasteiger partial charge in [0.05, 0.1) is 7.11 Å². The summed E-state index contributed by atoms with van der Waals surface area (Å²) < 4.78 is 32.9. The topological polar surface area (TPSA) is 35.5 Å². The van der Waals surface area contributed by atoms with Crippen molar-refractivity contribution in [3.63, 3.8) is 0 Å². The molecule has 0 heterocycles. The first kappa shape index (κ1) is 12.6. The molecule has 0 atom stereocenters. The number of hydrogen-bond donors (Lipinski definition) is 0. The lowest BCUT2D eigenvalue weighted by Gasteiger charge is -2.04. The van der Waals surface area contributed by atoms with Gasteiger partial charge in [-0.3, -0.25) is 4.79 Å². The van der Waals surface area contributed by atoms with Gasteiger partial charge in [-0.1, -0.05) is 0 Å². The van der Waals surface area contributed by atoms with Gasteiger partial charge in [-0.2, -0.15) is 0 Å². The molecule has 0 aliphatic rings. The Kier molecular flexibility index (Phi) is 4.85. The number of carbonyl (C=O) groups is 1. The molecular weight excluding hydrogens is 218 g/mol. The maximum atomic E-state index is 11.7. The van der Waals surface area contributed by atoms with E-state index in [1.807, 2.05) is 0 Å². The molecule has 1 rings (SSSR count). The maximum absolute atomic E-state index is 11.7. The van der Waals surface area contributed by atoms with Crippen molar-refractivity contribution in [3.05, 3.63) is 29.8 Å². The summed E-state index contributed by atoms with van der Waals surface area (Å²) in [4.78, 5) is 11.4. The van der Waals surface area contributed by atoms with Crippen molar-refractivity contribution in [2.75, 3.05) is 20.3 Å². The number of halogens is 2. The summed E-state index contributed by atoms with van der Waals surface area (Å²) >= 11 is 0. The molecule has 5 heteroatoms. The SMILES string of the molecule is COc1ccc(C(=O)COCC(F)F)cc1. The first-order chi connectivity index (χ1) is 7.63. The molecule has 0 amide bonds. The lowest BCUT2D eigenvalue weighted by atomic mass is 10.1. The zero-order valence-electron chi connectivity index (χ0n) is 8.78. The third-order valence-corrected chi connectivity index (χ3v) is 1.89. The van der Waals surface area contributed by atoms with Gasteiger partial charge in [0.25, 0.3) is 6.43 Å². The maximum Gasteiger partial charge on any atom is 0.261 e. The van der Waals surface area contributed by atoms with Gasteiger partial charge < -0.3 is 9.47 Å². The molecular formula is C11H12F2O3. The predicted molar refractivity (Wildman–Crippen MR) is 54.1 cm³/mol. The number of alkyl halides is 2. The van der Waals surface area contributed by atoms with Crippen LogP contribution < -0.4 is 4.74 Å². The molecule has 88 valence electrons. The monoisotopic (exact) mass is 230 g/mol. The normalized spacial score (nSPS) is 10.5. The van der Waals surface area contributed by atoms with E-state index in [2.05, 4.69) is 4.74 Å². The Hall–Kier alpha value is -1.49. The van der Waals surface area contributed by atoms with Gasteiger partial charge in [0.2, 0.25) is 0 Å². The van der Waals surface area contributed by atoms with Crippen LogP contribution in [0.3, 0.4) is 0 Å². The fourth-order valence-electron chi connectivity index (χ4n) is 1.10. The van der Waals surface area contributed by atoms with E-state index in [1.54, 1.807) is 24.3 Å². The second-order valence-electron chi connectivity index (χ2n) is 3.06. The molecule has 0 N–H and O–H groups in total. The second kappa shape index (κ2) is 6.17. The van der Waals surface area contributed by atoms with Crippen molar-refractivity contribution in [1.82, 2.24) is 0 Å². The number of benzene rings is 1.